The molecule has 0 aliphatic carbocycles. The zero-order valence-electron chi connectivity index (χ0n) is 14.0. The maximum Gasteiger partial charge on any atom is 0.137 e. The Bertz CT molecular complexity index is 579. The van der Waals surface area contributed by atoms with E-state index in [2.05, 4.69) is 39.0 Å². The highest BCUT2D eigenvalue weighted by molar-refractivity contribution is 5.88. The largest absolute Gasteiger partial charge is 0.490 e. The molecule has 0 saturated heterocycles. The molecule has 2 aromatic carbocycles. The molecule has 0 aliphatic rings. The van der Waals surface area contributed by atoms with Gasteiger partial charge in [0.25, 0.3) is 0 Å². The van der Waals surface area contributed by atoms with E-state index in [4.69, 9.17) is 4.74 Å². The summed E-state index contributed by atoms with van der Waals surface area (Å²) in [5.74, 6) is 0.847. The molecule has 0 heterocycles. The Morgan fingerprint density at radius 3 is 2.27 bits per heavy atom. The topological polar surface area (TPSA) is 29.5 Å². The highest BCUT2D eigenvalue weighted by Gasteiger charge is 2.25. The third-order valence-electron chi connectivity index (χ3n) is 4.79. The van der Waals surface area contributed by atoms with Crippen molar-refractivity contribution >= 4 is 10.8 Å². The van der Waals surface area contributed by atoms with Gasteiger partial charge in [0.1, 0.15) is 25.0 Å². The molecule has 0 aliphatic heterocycles. The van der Waals surface area contributed by atoms with Gasteiger partial charge in [-0.15, -0.1) is 0 Å². The first-order chi connectivity index (χ1) is 10.6. The van der Waals surface area contributed by atoms with Crippen molar-refractivity contribution in [3.05, 3.63) is 42.5 Å². The second-order valence-electron chi connectivity index (χ2n) is 5.92. The number of rotatable bonds is 8. The Morgan fingerprint density at radius 2 is 1.59 bits per heavy atom. The van der Waals surface area contributed by atoms with Crippen molar-refractivity contribution in [1.82, 2.24) is 0 Å². The van der Waals surface area contributed by atoms with Crippen molar-refractivity contribution in [3.63, 3.8) is 0 Å². The molecular weight excluding hydrogens is 274 g/mol. The predicted octanol–water partition coefficient (Wildman–Crippen LogP) is 3.46. The molecule has 2 aromatic rings. The number of quaternary nitrogens is 1. The van der Waals surface area contributed by atoms with Crippen LogP contribution in [0.2, 0.25) is 0 Å². The van der Waals surface area contributed by atoms with E-state index in [0.29, 0.717) is 6.61 Å². The van der Waals surface area contributed by atoms with Crippen LogP contribution < -0.4 is 4.74 Å². The molecule has 0 bridgehead atoms. The summed E-state index contributed by atoms with van der Waals surface area (Å²) in [6.07, 6.45) is -0.446. The third kappa shape index (κ3) is 3.79. The second kappa shape index (κ2) is 7.61. The molecule has 0 fully saturated rings. The number of hydrogen-bond donors (Lipinski definition) is 1. The van der Waals surface area contributed by atoms with Gasteiger partial charge in [-0.05, 0) is 32.2 Å². The van der Waals surface area contributed by atoms with Crippen LogP contribution in [0.1, 0.15) is 20.8 Å². The van der Waals surface area contributed by atoms with E-state index in [0.717, 1.165) is 47.2 Å². The molecule has 0 aromatic heterocycles. The molecule has 22 heavy (non-hydrogen) atoms. The van der Waals surface area contributed by atoms with Crippen LogP contribution in [-0.4, -0.2) is 48.5 Å². The number of fused-ring (bicyclic) bond motifs is 1. The van der Waals surface area contributed by atoms with Crippen molar-refractivity contribution < 1.29 is 14.3 Å². The minimum absolute atomic E-state index is 0.341. The van der Waals surface area contributed by atoms with Gasteiger partial charge in [-0.3, -0.25) is 0 Å². The number of aliphatic hydroxyl groups is 1. The highest BCUT2D eigenvalue weighted by atomic mass is 16.5. The summed E-state index contributed by atoms with van der Waals surface area (Å²) in [5.41, 5.74) is 0. The molecule has 0 spiro atoms. The molecule has 0 saturated carbocycles. The monoisotopic (exact) mass is 302 g/mol. The molecule has 120 valence electrons. The predicted molar refractivity (Wildman–Crippen MR) is 92.2 cm³/mol. The lowest BCUT2D eigenvalue weighted by Gasteiger charge is -2.37. The van der Waals surface area contributed by atoms with Crippen molar-refractivity contribution in [2.45, 2.75) is 26.9 Å². The summed E-state index contributed by atoms with van der Waals surface area (Å²) in [6.45, 7) is 10.8. The second-order valence-corrected chi connectivity index (χ2v) is 5.92. The van der Waals surface area contributed by atoms with Crippen LogP contribution in [0.25, 0.3) is 10.8 Å². The van der Waals surface area contributed by atoms with Crippen LogP contribution >= 0.6 is 0 Å². The smallest absolute Gasteiger partial charge is 0.137 e. The zero-order valence-corrected chi connectivity index (χ0v) is 14.0. The Kier molecular flexibility index (Phi) is 5.81. The number of hydrogen-bond acceptors (Lipinski definition) is 2. The van der Waals surface area contributed by atoms with E-state index in [1.165, 1.54) is 0 Å². The summed E-state index contributed by atoms with van der Waals surface area (Å²) in [6, 6.07) is 14.2. The lowest BCUT2D eigenvalue weighted by atomic mass is 10.1. The standard InChI is InChI=1S/C19H28NO2/c1-4-20(5-2,6-3)14-17(21)15-22-19-13-9-11-16-10-7-8-12-18(16)19/h7-13,17,21H,4-6,14-15H2,1-3H3/q+1. The molecule has 3 nitrogen and oxygen atoms in total. The van der Waals surface area contributed by atoms with Crippen molar-refractivity contribution in [1.29, 1.82) is 0 Å². The van der Waals surface area contributed by atoms with Crippen LogP contribution in [0.4, 0.5) is 0 Å². The summed E-state index contributed by atoms with van der Waals surface area (Å²) >= 11 is 0. The fraction of sp³-hybridized carbons (Fsp3) is 0.474. The van der Waals surface area contributed by atoms with Crippen molar-refractivity contribution in [3.8, 4) is 5.75 Å². The number of likely N-dealkylation sites (N-methyl/N-ethyl adjacent to an activating group) is 1. The van der Waals surface area contributed by atoms with Gasteiger partial charge in [-0.2, -0.15) is 0 Å². The first-order valence-corrected chi connectivity index (χ1v) is 8.28. The molecule has 1 N–H and O–H groups in total. The lowest BCUT2D eigenvalue weighted by Crippen LogP contribution is -2.52. The third-order valence-corrected chi connectivity index (χ3v) is 4.79. The SMILES string of the molecule is CC[N+](CC)(CC)CC(O)COc1cccc2ccccc12. The zero-order chi connectivity index (χ0) is 16.0. The first kappa shape index (κ1) is 16.8. The molecule has 1 atom stereocenters. The van der Waals surface area contributed by atoms with Gasteiger partial charge < -0.3 is 14.3 Å². The van der Waals surface area contributed by atoms with Crippen LogP contribution in [0.15, 0.2) is 42.5 Å². The van der Waals surface area contributed by atoms with Crippen LogP contribution in [0.3, 0.4) is 0 Å². The number of benzene rings is 2. The normalized spacial score (nSPS) is 13.3. The van der Waals surface area contributed by atoms with Gasteiger partial charge in [-0.25, -0.2) is 0 Å². The summed E-state index contributed by atoms with van der Waals surface area (Å²) in [4.78, 5) is 0. The van der Waals surface area contributed by atoms with E-state index >= 15 is 0 Å². The quantitative estimate of drug-likeness (QED) is 0.757. The van der Waals surface area contributed by atoms with Crippen molar-refractivity contribution in [2.24, 2.45) is 0 Å². The van der Waals surface area contributed by atoms with E-state index in [9.17, 15) is 5.11 Å². The minimum Gasteiger partial charge on any atom is -0.490 e. The van der Waals surface area contributed by atoms with Crippen LogP contribution in [0.5, 0.6) is 5.75 Å². The van der Waals surface area contributed by atoms with Gasteiger partial charge in [0.05, 0.1) is 19.6 Å². The number of nitrogens with zero attached hydrogens (tertiary/aromatic N) is 1. The lowest BCUT2D eigenvalue weighted by molar-refractivity contribution is -0.926. The molecule has 3 heteroatoms. The Morgan fingerprint density at radius 1 is 0.955 bits per heavy atom. The highest BCUT2D eigenvalue weighted by Crippen LogP contribution is 2.25. The fourth-order valence-corrected chi connectivity index (χ4v) is 3.07. The number of aliphatic hydroxyl groups excluding tert-OH is 1. The Hall–Kier alpha value is -1.58. The van der Waals surface area contributed by atoms with Crippen molar-refractivity contribution in [2.75, 3.05) is 32.8 Å². The van der Waals surface area contributed by atoms with E-state index in [1.807, 2.05) is 24.3 Å². The van der Waals surface area contributed by atoms with E-state index < -0.39 is 6.10 Å². The summed E-state index contributed by atoms with van der Waals surface area (Å²) < 4.78 is 6.83. The maximum absolute atomic E-state index is 10.4. The van der Waals surface area contributed by atoms with Gasteiger partial charge in [0, 0.05) is 5.39 Å². The van der Waals surface area contributed by atoms with Crippen LogP contribution in [0, 0.1) is 0 Å². The maximum atomic E-state index is 10.4. The Balaban J connectivity index is 2.02. The van der Waals surface area contributed by atoms with Crippen LogP contribution in [-0.2, 0) is 0 Å². The molecular formula is C19H28NO2+. The molecule has 1 unspecified atom stereocenters. The van der Waals surface area contributed by atoms with Gasteiger partial charge in [-0.1, -0.05) is 36.4 Å². The average Bonchev–Trinajstić information content (AvgIpc) is 2.58. The van der Waals surface area contributed by atoms with E-state index in [-0.39, 0.29) is 0 Å². The Labute approximate surface area is 133 Å². The van der Waals surface area contributed by atoms with Gasteiger partial charge in [0.15, 0.2) is 0 Å². The summed E-state index contributed by atoms with van der Waals surface area (Å²) in [7, 11) is 0. The molecule has 2 rings (SSSR count). The minimum atomic E-state index is -0.446. The average molecular weight is 302 g/mol. The molecule has 0 amide bonds. The number of ether oxygens (including phenoxy) is 1. The first-order valence-electron chi connectivity index (χ1n) is 8.28. The van der Waals surface area contributed by atoms with Gasteiger partial charge in [0.2, 0.25) is 0 Å². The fourth-order valence-electron chi connectivity index (χ4n) is 3.07. The van der Waals surface area contributed by atoms with Gasteiger partial charge >= 0.3 is 0 Å². The van der Waals surface area contributed by atoms with E-state index in [1.54, 1.807) is 0 Å². The summed E-state index contributed by atoms with van der Waals surface area (Å²) in [5, 5.41) is 12.6. The molecule has 0 radical (unpaired) electrons.